The van der Waals surface area contributed by atoms with E-state index < -0.39 is 36.2 Å². The molecule has 10 heteroatoms. The third-order valence-electron chi connectivity index (χ3n) is 4.97. The minimum atomic E-state index is -1.43. The Hall–Kier alpha value is -2.65. The summed E-state index contributed by atoms with van der Waals surface area (Å²) in [7, 11) is 1.50. The molecule has 33 heavy (non-hydrogen) atoms. The predicted molar refractivity (Wildman–Crippen MR) is 118 cm³/mol. The SMILES string of the molecule is CC1=CN(C)C(=O)C(N(C(=O)NCCC(=O)[O-])c2cccc(-c3cccc(Cl)c3)c2)C1=O.[Na+]. The van der Waals surface area contributed by atoms with Crippen LogP contribution in [0.3, 0.4) is 0 Å². The molecule has 8 nitrogen and oxygen atoms in total. The number of anilines is 1. The average molecular weight is 478 g/mol. The van der Waals surface area contributed by atoms with Crippen molar-refractivity contribution in [2.75, 3.05) is 18.5 Å². The number of nitrogens with one attached hydrogen (secondary N) is 1. The van der Waals surface area contributed by atoms with Gasteiger partial charge >= 0.3 is 35.6 Å². The number of urea groups is 1. The molecule has 1 aliphatic rings. The molecule has 1 heterocycles. The molecule has 0 fully saturated rings. The fourth-order valence-electron chi connectivity index (χ4n) is 3.41. The molecule has 0 saturated carbocycles. The summed E-state index contributed by atoms with van der Waals surface area (Å²) >= 11 is 6.09. The normalized spacial score (nSPS) is 15.4. The second kappa shape index (κ2) is 11.5. The number of ketones is 1. The zero-order valence-electron chi connectivity index (χ0n) is 18.5. The number of carbonyl (C=O) groups excluding carboxylic acids is 4. The van der Waals surface area contributed by atoms with E-state index in [0.29, 0.717) is 21.8 Å². The van der Waals surface area contributed by atoms with Crippen LogP contribution in [0.2, 0.25) is 5.02 Å². The number of aliphatic carboxylic acids is 1. The average Bonchev–Trinajstić information content (AvgIpc) is 2.75. The first-order chi connectivity index (χ1) is 15.2. The molecular weight excluding hydrogens is 457 g/mol. The molecule has 3 rings (SSSR count). The number of benzene rings is 2. The first-order valence-corrected chi connectivity index (χ1v) is 10.2. The zero-order valence-corrected chi connectivity index (χ0v) is 21.3. The standard InChI is InChI=1S/C23H22ClN3O5.Na/c1-14-13-26(2)22(31)20(21(14)30)27(23(32)25-10-9-19(28)29)18-8-4-6-16(12-18)15-5-3-7-17(24)11-15;/h3-8,11-13,20H,9-10H2,1-2H3,(H,25,32)(H,28,29);/q;+1/p-1. The van der Waals surface area contributed by atoms with Crippen molar-refractivity contribution in [2.45, 2.75) is 19.4 Å². The van der Waals surface area contributed by atoms with Crippen LogP contribution in [-0.4, -0.2) is 48.2 Å². The third kappa shape index (κ3) is 6.23. The van der Waals surface area contributed by atoms with Crippen molar-refractivity contribution in [1.82, 2.24) is 10.2 Å². The van der Waals surface area contributed by atoms with Crippen LogP contribution in [-0.2, 0) is 14.4 Å². The maximum atomic E-state index is 13.1. The predicted octanol–water partition coefficient (Wildman–Crippen LogP) is -1.02. The summed E-state index contributed by atoms with van der Waals surface area (Å²) in [6, 6.07) is 11.7. The summed E-state index contributed by atoms with van der Waals surface area (Å²) in [5.74, 6) is -2.43. The van der Waals surface area contributed by atoms with E-state index >= 15 is 0 Å². The first-order valence-electron chi connectivity index (χ1n) is 9.81. The Bertz CT molecular complexity index is 1120. The van der Waals surface area contributed by atoms with Crippen LogP contribution >= 0.6 is 11.6 Å². The number of carboxylic acid groups (broad SMARTS) is 1. The van der Waals surface area contributed by atoms with E-state index in [1.165, 1.54) is 18.1 Å². The number of amides is 3. The van der Waals surface area contributed by atoms with Crippen molar-refractivity contribution in [3.05, 3.63) is 65.3 Å². The van der Waals surface area contributed by atoms with Crippen LogP contribution in [0, 0.1) is 0 Å². The zero-order chi connectivity index (χ0) is 23.4. The smallest absolute Gasteiger partial charge is 0.550 e. The van der Waals surface area contributed by atoms with Gasteiger partial charge in [-0.1, -0.05) is 35.9 Å². The van der Waals surface area contributed by atoms with E-state index in [1.54, 1.807) is 43.3 Å². The number of likely N-dealkylation sites (N-methyl/N-ethyl adjacent to an activating group) is 1. The van der Waals surface area contributed by atoms with Gasteiger partial charge in [-0.25, -0.2) is 4.79 Å². The Morgan fingerprint density at radius 3 is 2.39 bits per heavy atom. The van der Waals surface area contributed by atoms with Crippen LogP contribution in [0.5, 0.6) is 0 Å². The van der Waals surface area contributed by atoms with Gasteiger partial charge in [-0.15, -0.1) is 0 Å². The van der Waals surface area contributed by atoms with Gasteiger partial charge in [-0.3, -0.25) is 14.5 Å². The number of carbonyl (C=O) groups is 4. The Kier molecular flexibility index (Phi) is 9.25. The number of hydrogen-bond donors (Lipinski definition) is 1. The Labute approximate surface area is 218 Å². The number of carboxylic acids is 1. The van der Waals surface area contributed by atoms with Crippen molar-refractivity contribution >= 4 is 41.0 Å². The number of rotatable bonds is 6. The fraction of sp³-hybridized carbons (Fsp3) is 0.217. The van der Waals surface area contributed by atoms with E-state index in [-0.39, 0.29) is 36.1 Å². The van der Waals surface area contributed by atoms with Crippen molar-refractivity contribution < 1.29 is 53.8 Å². The molecule has 1 atom stereocenters. The monoisotopic (exact) mass is 477 g/mol. The van der Waals surface area contributed by atoms with Crippen LogP contribution in [0.25, 0.3) is 11.1 Å². The van der Waals surface area contributed by atoms with E-state index in [2.05, 4.69) is 5.32 Å². The van der Waals surface area contributed by atoms with Gasteiger partial charge < -0.3 is 20.1 Å². The third-order valence-corrected chi connectivity index (χ3v) is 5.21. The topological polar surface area (TPSA) is 110 Å². The molecule has 0 spiro atoms. The molecule has 3 amide bonds. The van der Waals surface area contributed by atoms with Crippen molar-refractivity contribution in [2.24, 2.45) is 0 Å². The van der Waals surface area contributed by atoms with Crippen molar-refractivity contribution in [3.63, 3.8) is 0 Å². The number of halogens is 1. The van der Waals surface area contributed by atoms with Gasteiger partial charge in [0.2, 0.25) is 0 Å². The maximum Gasteiger partial charge on any atom is 1.00 e. The number of hydrogen-bond acceptors (Lipinski definition) is 5. The number of nitrogens with zero attached hydrogens (tertiary/aromatic N) is 2. The van der Waals surface area contributed by atoms with E-state index in [0.717, 1.165) is 10.5 Å². The molecule has 2 aromatic carbocycles. The largest absolute Gasteiger partial charge is 1.00 e. The molecule has 0 radical (unpaired) electrons. The van der Waals surface area contributed by atoms with Crippen LogP contribution in [0.4, 0.5) is 10.5 Å². The second-order valence-electron chi connectivity index (χ2n) is 7.31. The van der Waals surface area contributed by atoms with Gasteiger partial charge in [0.25, 0.3) is 5.91 Å². The summed E-state index contributed by atoms with van der Waals surface area (Å²) in [6.45, 7) is 1.35. The molecule has 0 saturated heterocycles. The van der Waals surface area contributed by atoms with E-state index in [9.17, 15) is 24.3 Å². The Balaban J connectivity index is 0.00000385. The summed E-state index contributed by atoms with van der Waals surface area (Å²) in [5.41, 5.74) is 2.11. The quantitative estimate of drug-likeness (QED) is 0.423. The Morgan fingerprint density at radius 1 is 1.12 bits per heavy atom. The van der Waals surface area contributed by atoms with Gasteiger partial charge in [-0.05, 0) is 42.3 Å². The van der Waals surface area contributed by atoms with Gasteiger partial charge in [0, 0.05) is 48.5 Å². The maximum absolute atomic E-state index is 13.1. The van der Waals surface area contributed by atoms with Gasteiger partial charge in [0.15, 0.2) is 11.8 Å². The van der Waals surface area contributed by atoms with Crippen LogP contribution < -0.4 is 44.9 Å². The van der Waals surface area contributed by atoms with Gasteiger partial charge in [0.1, 0.15) is 0 Å². The molecule has 0 bridgehead atoms. The molecular formula is C23H21ClN3NaO5. The number of Topliss-reactive ketones (excluding diaryl/α,β-unsaturated/α-hetero) is 1. The van der Waals surface area contributed by atoms with Crippen molar-refractivity contribution in [1.29, 1.82) is 0 Å². The molecule has 1 N–H and O–H groups in total. The summed E-state index contributed by atoms with van der Waals surface area (Å²) in [6.07, 6.45) is 1.00. The molecule has 1 aliphatic heterocycles. The minimum absolute atomic E-state index is 0. The Morgan fingerprint density at radius 2 is 1.76 bits per heavy atom. The van der Waals surface area contributed by atoms with Gasteiger partial charge in [-0.2, -0.15) is 0 Å². The van der Waals surface area contributed by atoms with Gasteiger partial charge in [0.05, 0.1) is 0 Å². The second-order valence-corrected chi connectivity index (χ2v) is 7.75. The van der Waals surface area contributed by atoms with Crippen molar-refractivity contribution in [3.8, 4) is 11.1 Å². The minimum Gasteiger partial charge on any atom is -0.550 e. The molecule has 0 aromatic heterocycles. The summed E-state index contributed by atoms with van der Waals surface area (Å²) < 4.78 is 0. The summed E-state index contributed by atoms with van der Waals surface area (Å²) in [5, 5.41) is 13.7. The first kappa shape index (κ1) is 26.6. The molecule has 2 aromatic rings. The van der Waals surface area contributed by atoms with E-state index in [4.69, 9.17) is 11.6 Å². The molecule has 1 unspecified atom stereocenters. The fourth-order valence-corrected chi connectivity index (χ4v) is 3.60. The molecule has 166 valence electrons. The molecule has 0 aliphatic carbocycles. The van der Waals surface area contributed by atoms with Crippen LogP contribution in [0.15, 0.2) is 60.3 Å². The summed E-state index contributed by atoms with van der Waals surface area (Å²) in [4.78, 5) is 51.9. The van der Waals surface area contributed by atoms with Crippen LogP contribution in [0.1, 0.15) is 13.3 Å². The van der Waals surface area contributed by atoms with E-state index in [1.807, 2.05) is 12.1 Å².